The van der Waals surface area contributed by atoms with Crippen LogP contribution >= 0.6 is 11.3 Å². The molecule has 8 nitrogen and oxygen atoms in total. The summed E-state index contributed by atoms with van der Waals surface area (Å²) in [7, 11) is -2.43. The van der Waals surface area contributed by atoms with Gasteiger partial charge in [-0.3, -0.25) is 13.9 Å². The molecule has 0 aliphatic carbocycles. The first-order valence-corrected chi connectivity index (χ1v) is 9.90. The molecule has 0 aliphatic heterocycles. The van der Waals surface area contributed by atoms with Crippen LogP contribution in [0.25, 0.3) is 0 Å². The van der Waals surface area contributed by atoms with E-state index in [2.05, 4.69) is 10.3 Å². The lowest BCUT2D eigenvalue weighted by Crippen LogP contribution is -2.32. The molecule has 2 aromatic rings. The van der Waals surface area contributed by atoms with Gasteiger partial charge in [-0.15, -0.1) is 11.3 Å². The number of hydrogen-bond acceptors (Lipinski definition) is 6. The Morgan fingerprint density at radius 2 is 1.96 bits per heavy atom. The Balaban J connectivity index is 2.40. The first-order valence-electron chi connectivity index (χ1n) is 7.17. The second kappa shape index (κ2) is 7.19. The third-order valence-corrected chi connectivity index (χ3v) is 5.57. The summed E-state index contributed by atoms with van der Waals surface area (Å²) in [5.41, 5.74) is 6.12. The van der Waals surface area contributed by atoms with E-state index >= 15 is 0 Å². The Kier molecular flexibility index (Phi) is 5.43. The molecule has 2 amide bonds. The first-order chi connectivity index (χ1) is 11.6. The SMILES string of the molecule is Cc1csc(CNC(=O)c2cccc(C(N)=O)c2N(C)S(C)(=O)=O)n1. The molecule has 0 spiro atoms. The van der Waals surface area contributed by atoms with Crippen molar-refractivity contribution in [1.82, 2.24) is 10.3 Å². The molecule has 2 rings (SSSR count). The third kappa shape index (κ3) is 4.34. The highest BCUT2D eigenvalue weighted by Crippen LogP contribution is 2.26. The van der Waals surface area contributed by atoms with Crippen molar-refractivity contribution in [2.24, 2.45) is 5.73 Å². The molecule has 10 heteroatoms. The van der Waals surface area contributed by atoms with E-state index in [0.29, 0.717) is 0 Å². The van der Waals surface area contributed by atoms with Crippen molar-refractivity contribution < 1.29 is 18.0 Å². The highest BCUT2D eigenvalue weighted by molar-refractivity contribution is 7.92. The van der Waals surface area contributed by atoms with Crippen molar-refractivity contribution in [3.63, 3.8) is 0 Å². The minimum Gasteiger partial charge on any atom is -0.366 e. The maximum atomic E-state index is 12.5. The molecule has 0 saturated carbocycles. The lowest BCUT2D eigenvalue weighted by molar-refractivity contribution is 0.0951. The predicted octanol–water partition coefficient (Wildman–Crippen LogP) is 0.876. The lowest BCUT2D eigenvalue weighted by Gasteiger charge is -2.22. The summed E-state index contributed by atoms with van der Waals surface area (Å²) in [5.74, 6) is -1.35. The fourth-order valence-corrected chi connectivity index (χ4v) is 3.41. The van der Waals surface area contributed by atoms with E-state index < -0.39 is 21.8 Å². The molecular formula is C15H18N4O4S2. The number of benzene rings is 1. The van der Waals surface area contributed by atoms with Gasteiger partial charge in [0.25, 0.3) is 11.8 Å². The van der Waals surface area contributed by atoms with Crippen molar-refractivity contribution in [3.05, 3.63) is 45.4 Å². The number of primary amides is 1. The Hall–Kier alpha value is -2.46. The van der Waals surface area contributed by atoms with Gasteiger partial charge in [0.05, 0.1) is 29.6 Å². The van der Waals surface area contributed by atoms with Gasteiger partial charge in [0.1, 0.15) is 5.01 Å². The summed E-state index contributed by atoms with van der Waals surface area (Å²) in [5, 5.41) is 5.25. The second-order valence-electron chi connectivity index (χ2n) is 5.36. The molecule has 3 N–H and O–H groups in total. The van der Waals surface area contributed by atoms with Gasteiger partial charge in [0, 0.05) is 18.1 Å². The molecule has 0 fully saturated rings. The van der Waals surface area contributed by atoms with Crippen LogP contribution in [-0.2, 0) is 16.6 Å². The van der Waals surface area contributed by atoms with Gasteiger partial charge >= 0.3 is 0 Å². The summed E-state index contributed by atoms with van der Waals surface area (Å²) in [6, 6.07) is 4.29. The highest BCUT2D eigenvalue weighted by Gasteiger charge is 2.25. The average Bonchev–Trinajstić information content (AvgIpc) is 2.95. The molecule has 0 radical (unpaired) electrons. The average molecular weight is 382 g/mol. The summed E-state index contributed by atoms with van der Waals surface area (Å²) in [6.45, 7) is 2.04. The molecule has 0 bridgehead atoms. The summed E-state index contributed by atoms with van der Waals surface area (Å²) < 4.78 is 24.7. The second-order valence-corrected chi connectivity index (χ2v) is 8.32. The molecule has 0 unspecified atom stereocenters. The number of aromatic nitrogens is 1. The van der Waals surface area contributed by atoms with Crippen LogP contribution in [0.5, 0.6) is 0 Å². The summed E-state index contributed by atoms with van der Waals surface area (Å²) >= 11 is 1.40. The van der Waals surface area contributed by atoms with Crippen LogP contribution in [0.3, 0.4) is 0 Å². The van der Waals surface area contributed by atoms with Crippen LogP contribution in [0.2, 0.25) is 0 Å². The first kappa shape index (κ1) is 18.9. The molecule has 134 valence electrons. The van der Waals surface area contributed by atoms with Gasteiger partial charge in [-0.2, -0.15) is 0 Å². The molecule has 1 aromatic heterocycles. The molecule has 0 aliphatic rings. The van der Waals surface area contributed by atoms with Crippen LogP contribution in [0.4, 0.5) is 5.69 Å². The van der Waals surface area contributed by atoms with E-state index in [0.717, 1.165) is 21.3 Å². The maximum Gasteiger partial charge on any atom is 0.253 e. The minimum absolute atomic E-state index is 0.0394. The zero-order valence-corrected chi connectivity index (χ0v) is 15.6. The Labute approximate surface area is 149 Å². The Morgan fingerprint density at radius 3 is 2.48 bits per heavy atom. The number of carbonyl (C=O) groups excluding carboxylic acids is 2. The standard InChI is InChI=1S/C15H18N4O4S2/c1-9-8-24-12(18-9)7-17-15(21)11-6-4-5-10(14(16)20)13(11)19(2)25(3,22)23/h4-6,8H,7H2,1-3H3,(H2,16,20)(H,17,21). The molecular weight excluding hydrogens is 364 g/mol. The van der Waals surface area contributed by atoms with E-state index in [1.807, 2.05) is 12.3 Å². The van der Waals surface area contributed by atoms with E-state index in [4.69, 9.17) is 5.73 Å². The van der Waals surface area contributed by atoms with Gasteiger partial charge in [0.2, 0.25) is 10.0 Å². The number of sulfonamides is 1. The van der Waals surface area contributed by atoms with Gasteiger partial charge in [-0.05, 0) is 19.1 Å². The molecule has 25 heavy (non-hydrogen) atoms. The number of para-hydroxylation sites is 1. The van der Waals surface area contributed by atoms with Gasteiger partial charge in [-0.1, -0.05) is 6.07 Å². The number of thiazole rings is 1. The quantitative estimate of drug-likeness (QED) is 0.768. The maximum absolute atomic E-state index is 12.5. The van der Waals surface area contributed by atoms with Gasteiger partial charge in [0.15, 0.2) is 0 Å². The number of rotatable bonds is 6. The predicted molar refractivity (Wildman–Crippen MR) is 96.2 cm³/mol. The number of nitrogens with one attached hydrogen (secondary N) is 1. The van der Waals surface area contributed by atoms with E-state index in [9.17, 15) is 18.0 Å². The largest absolute Gasteiger partial charge is 0.366 e. The van der Waals surface area contributed by atoms with Gasteiger partial charge in [-0.25, -0.2) is 13.4 Å². The van der Waals surface area contributed by atoms with Crippen LogP contribution in [0.1, 0.15) is 31.4 Å². The van der Waals surface area contributed by atoms with Crippen molar-refractivity contribution in [1.29, 1.82) is 0 Å². The highest BCUT2D eigenvalue weighted by atomic mass is 32.2. The molecule has 0 atom stereocenters. The van der Waals surface area contributed by atoms with Crippen LogP contribution in [0.15, 0.2) is 23.6 Å². The molecule has 1 aromatic carbocycles. The van der Waals surface area contributed by atoms with E-state index in [-0.39, 0.29) is 23.4 Å². The minimum atomic E-state index is -3.70. The topological polar surface area (TPSA) is 122 Å². The van der Waals surface area contributed by atoms with Crippen LogP contribution in [0, 0.1) is 6.92 Å². The molecule has 1 heterocycles. The number of nitrogens with zero attached hydrogens (tertiary/aromatic N) is 2. The summed E-state index contributed by atoms with van der Waals surface area (Å²) in [4.78, 5) is 28.5. The van der Waals surface area contributed by atoms with Crippen molar-refractivity contribution in [2.45, 2.75) is 13.5 Å². The number of aryl methyl sites for hydroxylation is 1. The normalized spacial score (nSPS) is 11.2. The van der Waals surface area contributed by atoms with Crippen LogP contribution < -0.4 is 15.4 Å². The Bertz CT molecular complexity index is 921. The molecule has 0 saturated heterocycles. The Morgan fingerprint density at radius 1 is 1.32 bits per heavy atom. The van der Waals surface area contributed by atoms with Crippen LogP contribution in [-0.4, -0.2) is 38.5 Å². The summed E-state index contributed by atoms with van der Waals surface area (Å²) in [6.07, 6.45) is 0.977. The monoisotopic (exact) mass is 382 g/mol. The van der Waals surface area contributed by atoms with Crippen molar-refractivity contribution >= 4 is 38.9 Å². The number of carbonyl (C=O) groups is 2. The number of hydrogen-bond donors (Lipinski definition) is 2. The number of nitrogens with two attached hydrogens (primary N) is 1. The van der Waals surface area contributed by atoms with Gasteiger partial charge < -0.3 is 11.1 Å². The fraction of sp³-hybridized carbons (Fsp3) is 0.267. The number of amides is 2. The van der Waals surface area contributed by atoms with E-state index in [1.165, 1.54) is 36.6 Å². The third-order valence-electron chi connectivity index (χ3n) is 3.43. The zero-order valence-electron chi connectivity index (χ0n) is 13.9. The van der Waals surface area contributed by atoms with E-state index in [1.54, 1.807) is 0 Å². The lowest BCUT2D eigenvalue weighted by atomic mass is 10.1. The fourth-order valence-electron chi connectivity index (χ4n) is 2.17. The number of anilines is 1. The van der Waals surface area contributed by atoms with Crippen molar-refractivity contribution in [3.8, 4) is 0 Å². The smallest absolute Gasteiger partial charge is 0.253 e. The van der Waals surface area contributed by atoms with Crippen molar-refractivity contribution in [2.75, 3.05) is 17.6 Å². The zero-order chi connectivity index (χ0) is 18.8.